The van der Waals surface area contributed by atoms with Crippen molar-refractivity contribution in [2.45, 2.75) is 11.4 Å². The van der Waals surface area contributed by atoms with Crippen molar-refractivity contribution in [2.75, 3.05) is 6.26 Å². The minimum atomic E-state index is -0.573. The molecule has 0 aliphatic carbocycles. The lowest BCUT2D eigenvalue weighted by molar-refractivity contribution is -0.115. The molecule has 7 heteroatoms. The third-order valence-corrected chi connectivity index (χ3v) is 5.70. The fourth-order valence-corrected chi connectivity index (χ4v) is 3.74. The number of thiophene rings is 1. The van der Waals surface area contributed by atoms with E-state index in [9.17, 15) is 9.59 Å². The predicted octanol–water partition coefficient (Wildman–Crippen LogP) is 4.45. The van der Waals surface area contributed by atoms with Gasteiger partial charge in [0.15, 0.2) is 0 Å². The van der Waals surface area contributed by atoms with Gasteiger partial charge in [0.2, 0.25) is 0 Å². The van der Waals surface area contributed by atoms with Gasteiger partial charge in [-0.15, -0.1) is 11.8 Å². The lowest BCUT2D eigenvalue weighted by Gasteiger charge is -2.09. The fourth-order valence-electron chi connectivity index (χ4n) is 2.68. The first kappa shape index (κ1) is 20.9. The standard InChI is InChI=1S/C22H20N2O3S2/c1-28-19-8-4-15(5-9-19)12-20(18-10-11-29-14-18)22(26)23-13-16-2-6-17(7-3-16)21(25)24-27/h2-12,14,27H,13H2,1H3,(H,23,26)(H,24,25)/b20-12+. The molecule has 3 N–H and O–H groups in total. The summed E-state index contributed by atoms with van der Waals surface area (Å²) in [4.78, 5) is 25.4. The maximum atomic E-state index is 12.9. The van der Waals surface area contributed by atoms with Gasteiger partial charge in [0.25, 0.3) is 11.8 Å². The fraction of sp³-hybridized carbons (Fsp3) is 0.0909. The van der Waals surface area contributed by atoms with Crippen molar-refractivity contribution in [2.24, 2.45) is 0 Å². The van der Waals surface area contributed by atoms with E-state index in [0.717, 1.165) is 16.7 Å². The molecule has 0 unspecified atom stereocenters. The molecule has 0 aliphatic heterocycles. The summed E-state index contributed by atoms with van der Waals surface area (Å²) in [5.74, 6) is -0.745. The van der Waals surface area contributed by atoms with Gasteiger partial charge in [-0.1, -0.05) is 24.3 Å². The molecule has 3 rings (SSSR count). The van der Waals surface area contributed by atoms with Gasteiger partial charge in [0.05, 0.1) is 0 Å². The Balaban J connectivity index is 1.75. The Morgan fingerprint density at radius 3 is 2.34 bits per heavy atom. The highest BCUT2D eigenvalue weighted by atomic mass is 32.2. The first-order valence-corrected chi connectivity index (χ1v) is 11.0. The van der Waals surface area contributed by atoms with Crippen LogP contribution in [0.3, 0.4) is 0 Å². The van der Waals surface area contributed by atoms with Crippen molar-refractivity contribution in [3.05, 3.63) is 87.6 Å². The summed E-state index contributed by atoms with van der Waals surface area (Å²) in [6.07, 6.45) is 3.91. The molecular weight excluding hydrogens is 404 g/mol. The topological polar surface area (TPSA) is 78.4 Å². The van der Waals surface area contributed by atoms with Crippen molar-refractivity contribution in [1.29, 1.82) is 0 Å². The number of carbonyl (C=O) groups is 2. The summed E-state index contributed by atoms with van der Waals surface area (Å²) in [5.41, 5.74) is 5.21. The molecule has 1 heterocycles. The van der Waals surface area contributed by atoms with Crippen LogP contribution in [0, 0.1) is 0 Å². The lowest BCUT2D eigenvalue weighted by atomic mass is 10.0. The third-order valence-electron chi connectivity index (χ3n) is 4.27. The first-order valence-electron chi connectivity index (χ1n) is 8.80. The van der Waals surface area contributed by atoms with E-state index in [-0.39, 0.29) is 5.91 Å². The second-order valence-corrected chi connectivity index (χ2v) is 7.82. The van der Waals surface area contributed by atoms with Gasteiger partial charge in [0, 0.05) is 22.6 Å². The van der Waals surface area contributed by atoms with E-state index < -0.39 is 5.91 Å². The summed E-state index contributed by atoms with van der Waals surface area (Å²) in [6, 6.07) is 16.6. The normalized spacial score (nSPS) is 11.2. The van der Waals surface area contributed by atoms with Gasteiger partial charge in [-0.05, 0) is 70.1 Å². The Morgan fingerprint density at radius 1 is 1.03 bits per heavy atom. The molecule has 0 spiro atoms. The van der Waals surface area contributed by atoms with Crippen LogP contribution < -0.4 is 10.8 Å². The van der Waals surface area contributed by atoms with E-state index in [0.29, 0.717) is 17.7 Å². The van der Waals surface area contributed by atoms with Crippen LogP contribution in [0.2, 0.25) is 0 Å². The van der Waals surface area contributed by atoms with Gasteiger partial charge in [-0.25, -0.2) is 5.48 Å². The maximum Gasteiger partial charge on any atom is 0.274 e. The smallest absolute Gasteiger partial charge is 0.274 e. The largest absolute Gasteiger partial charge is 0.348 e. The van der Waals surface area contributed by atoms with Crippen LogP contribution in [0.1, 0.15) is 27.0 Å². The summed E-state index contributed by atoms with van der Waals surface area (Å²) in [5, 5.41) is 15.5. The summed E-state index contributed by atoms with van der Waals surface area (Å²) in [6.45, 7) is 0.326. The van der Waals surface area contributed by atoms with Crippen LogP contribution in [-0.4, -0.2) is 23.3 Å². The predicted molar refractivity (Wildman–Crippen MR) is 118 cm³/mol. The van der Waals surface area contributed by atoms with E-state index in [1.54, 1.807) is 52.8 Å². The number of hydrogen-bond donors (Lipinski definition) is 3. The van der Waals surface area contributed by atoms with Gasteiger partial charge >= 0.3 is 0 Å². The highest BCUT2D eigenvalue weighted by molar-refractivity contribution is 7.98. The number of benzene rings is 2. The monoisotopic (exact) mass is 424 g/mol. The average molecular weight is 425 g/mol. The molecule has 148 valence electrons. The molecule has 0 saturated heterocycles. The van der Waals surface area contributed by atoms with E-state index in [2.05, 4.69) is 5.32 Å². The van der Waals surface area contributed by atoms with Crippen LogP contribution in [0.15, 0.2) is 70.3 Å². The van der Waals surface area contributed by atoms with Crippen molar-refractivity contribution in [3.63, 3.8) is 0 Å². The zero-order valence-corrected chi connectivity index (χ0v) is 17.3. The van der Waals surface area contributed by atoms with Crippen molar-refractivity contribution in [3.8, 4) is 0 Å². The molecule has 0 fully saturated rings. The first-order chi connectivity index (χ1) is 14.1. The van der Waals surface area contributed by atoms with Crippen molar-refractivity contribution < 1.29 is 14.8 Å². The summed E-state index contributed by atoms with van der Waals surface area (Å²) >= 11 is 3.21. The van der Waals surface area contributed by atoms with E-state index in [1.165, 1.54) is 4.90 Å². The number of amides is 2. The minimum Gasteiger partial charge on any atom is -0.348 e. The number of rotatable bonds is 7. The quantitative estimate of drug-likeness (QED) is 0.227. The van der Waals surface area contributed by atoms with E-state index in [1.807, 2.05) is 53.4 Å². The Labute approximate surface area is 177 Å². The molecule has 2 aromatic carbocycles. The molecule has 0 radical (unpaired) electrons. The number of nitrogens with one attached hydrogen (secondary N) is 2. The molecule has 5 nitrogen and oxygen atoms in total. The van der Waals surface area contributed by atoms with E-state index in [4.69, 9.17) is 5.21 Å². The lowest BCUT2D eigenvalue weighted by Crippen LogP contribution is -2.24. The van der Waals surface area contributed by atoms with E-state index >= 15 is 0 Å². The van der Waals surface area contributed by atoms with Crippen LogP contribution in [-0.2, 0) is 11.3 Å². The zero-order chi connectivity index (χ0) is 20.6. The highest BCUT2D eigenvalue weighted by Crippen LogP contribution is 2.23. The summed E-state index contributed by atoms with van der Waals surface area (Å²) < 4.78 is 0. The zero-order valence-electron chi connectivity index (χ0n) is 15.7. The average Bonchev–Trinajstić information content (AvgIpc) is 3.30. The molecule has 3 aromatic rings. The molecule has 2 amide bonds. The second-order valence-electron chi connectivity index (χ2n) is 6.16. The Morgan fingerprint density at radius 2 is 1.76 bits per heavy atom. The van der Waals surface area contributed by atoms with Gasteiger partial charge in [-0.3, -0.25) is 14.8 Å². The van der Waals surface area contributed by atoms with Crippen LogP contribution in [0.5, 0.6) is 0 Å². The molecule has 1 aromatic heterocycles. The molecule has 0 bridgehead atoms. The Hall–Kier alpha value is -2.87. The molecule has 0 aliphatic rings. The van der Waals surface area contributed by atoms with Crippen LogP contribution >= 0.6 is 23.1 Å². The maximum absolute atomic E-state index is 12.9. The minimum absolute atomic E-state index is 0.172. The molecule has 0 atom stereocenters. The molecular formula is C22H20N2O3S2. The second kappa shape index (κ2) is 10.1. The third kappa shape index (κ3) is 5.57. The highest BCUT2D eigenvalue weighted by Gasteiger charge is 2.13. The molecule has 29 heavy (non-hydrogen) atoms. The number of thioether (sulfide) groups is 1. The van der Waals surface area contributed by atoms with Gasteiger partial charge < -0.3 is 5.32 Å². The van der Waals surface area contributed by atoms with Gasteiger partial charge in [-0.2, -0.15) is 11.3 Å². The number of hydroxylamine groups is 1. The number of hydrogen-bond acceptors (Lipinski definition) is 5. The number of carbonyl (C=O) groups excluding carboxylic acids is 2. The van der Waals surface area contributed by atoms with Crippen LogP contribution in [0.4, 0.5) is 0 Å². The van der Waals surface area contributed by atoms with Crippen LogP contribution in [0.25, 0.3) is 11.6 Å². The Bertz CT molecular complexity index is 996. The van der Waals surface area contributed by atoms with Gasteiger partial charge in [0.1, 0.15) is 0 Å². The Kier molecular flexibility index (Phi) is 7.24. The molecule has 0 saturated carbocycles. The van der Waals surface area contributed by atoms with Crippen molar-refractivity contribution in [1.82, 2.24) is 10.8 Å². The SMILES string of the molecule is CSc1ccc(/C=C(/C(=O)NCc2ccc(C(=O)NO)cc2)c2ccsc2)cc1. The van der Waals surface area contributed by atoms with Crippen molar-refractivity contribution >= 4 is 46.6 Å². The summed E-state index contributed by atoms with van der Waals surface area (Å²) in [7, 11) is 0.